The van der Waals surface area contributed by atoms with Crippen molar-refractivity contribution in [1.82, 2.24) is 19.9 Å². The first kappa shape index (κ1) is 25.1. The molecule has 4 nitrogen and oxygen atoms in total. The van der Waals surface area contributed by atoms with E-state index in [0.717, 1.165) is 54.7 Å². The molecule has 0 aliphatic carbocycles. The van der Waals surface area contributed by atoms with Gasteiger partial charge in [0.05, 0.1) is 22.1 Å². The molecule has 0 N–H and O–H groups in total. The summed E-state index contributed by atoms with van der Waals surface area (Å²) < 4.78 is 0. The molecule has 0 unspecified atom stereocenters. The summed E-state index contributed by atoms with van der Waals surface area (Å²) in [6, 6.07) is 15.4. The zero-order chi connectivity index (χ0) is 25.1. The van der Waals surface area contributed by atoms with E-state index in [-0.39, 0.29) is 21.1 Å². The SMILES string of the molecule is [C-]#Cc1cnc2c(ccc3cc(C#C)cnc32)c1.[C-]#Cc1cnc2c(ccc3cc(C#C)cnc32)c1.[Pt+2]. The minimum atomic E-state index is 0. The van der Waals surface area contributed by atoms with Gasteiger partial charge < -0.3 is 12.8 Å². The summed E-state index contributed by atoms with van der Waals surface area (Å²) in [4.78, 5) is 17.4. The van der Waals surface area contributed by atoms with Gasteiger partial charge in [-0.1, -0.05) is 36.1 Å². The Morgan fingerprint density at radius 2 is 0.757 bits per heavy atom. The molecule has 0 amide bonds. The summed E-state index contributed by atoms with van der Waals surface area (Å²) >= 11 is 0. The van der Waals surface area contributed by atoms with Crippen molar-refractivity contribution in [3.8, 4) is 36.5 Å². The fourth-order valence-electron chi connectivity index (χ4n) is 3.88. The summed E-state index contributed by atoms with van der Waals surface area (Å²) in [5, 5.41) is 3.83. The Morgan fingerprint density at radius 3 is 1.03 bits per heavy atom. The zero-order valence-corrected chi connectivity index (χ0v) is 21.5. The molecule has 0 aliphatic heterocycles. The average Bonchev–Trinajstić information content (AvgIpc) is 2.95. The van der Waals surface area contributed by atoms with Crippen LogP contribution >= 0.6 is 0 Å². The van der Waals surface area contributed by atoms with Crippen molar-refractivity contribution in [1.29, 1.82) is 0 Å². The third-order valence-electron chi connectivity index (χ3n) is 5.62. The first-order valence-electron chi connectivity index (χ1n) is 10.8. The second-order valence-electron chi connectivity index (χ2n) is 7.85. The van der Waals surface area contributed by atoms with Gasteiger partial charge in [0.15, 0.2) is 0 Å². The summed E-state index contributed by atoms with van der Waals surface area (Å²) in [7, 11) is 0. The second-order valence-corrected chi connectivity index (χ2v) is 7.85. The molecule has 0 spiro atoms. The second kappa shape index (κ2) is 10.7. The van der Waals surface area contributed by atoms with Crippen LogP contribution < -0.4 is 0 Å². The van der Waals surface area contributed by atoms with Crippen LogP contribution in [0.15, 0.2) is 73.3 Å². The van der Waals surface area contributed by atoms with Crippen LogP contribution in [0.25, 0.3) is 43.6 Å². The van der Waals surface area contributed by atoms with Crippen molar-refractivity contribution in [2.24, 2.45) is 0 Å². The van der Waals surface area contributed by atoms with Crippen LogP contribution in [0.1, 0.15) is 22.3 Å². The summed E-state index contributed by atoms with van der Waals surface area (Å²) in [6.45, 7) is 0. The fourth-order valence-corrected chi connectivity index (χ4v) is 3.88. The van der Waals surface area contributed by atoms with Crippen molar-refractivity contribution in [3.05, 3.63) is 108 Å². The Hall–Kier alpha value is -4.99. The number of fused-ring (bicyclic) bond motifs is 6. The average molecular weight is 650 g/mol. The van der Waals surface area contributed by atoms with Crippen LogP contribution in [0.3, 0.4) is 0 Å². The zero-order valence-electron chi connectivity index (χ0n) is 19.2. The van der Waals surface area contributed by atoms with Crippen LogP contribution in [0, 0.1) is 49.4 Å². The molecule has 37 heavy (non-hydrogen) atoms. The van der Waals surface area contributed by atoms with E-state index >= 15 is 0 Å². The topological polar surface area (TPSA) is 51.6 Å². The molecule has 2 aromatic carbocycles. The van der Waals surface area contributed by atoms with Gasteiger partial charge in [0.1, 0.15) is 0 Å². The van der Waals surface area contributed by atoms with Gasteiger partial charge in [0.25, 0.3) is 0 Å². The van der Waals surface area contributed by atoms with E-state index in [9.17, 15) is 0 Å². The third kappa shape index (κ3) is 4.90. The van der Waals surface area contributed by atoms with E-state index in [2.05, 4.69) is 43.6 Å². The van der Waals surface area contributed by atoms with Crippen LogP contribution in [-0.4, -0.2) is 19.9 Å². The minimum Gasteiger partial charge on any atom is -0.366 e. The van der Waals surface area contributed by atoms with E-state index in [1.165, 1.54) is 0 Å². The van der Waals surface area contributed by atoms with Gasteiger partial charge in [-0.25, -0.2) is 0 Å². The molecule has 6 rings (SSSR count). The maximum absolute atomic E-state index is 7.11. The van der Waals surface area contributed by atoms with Gasteiger partial charge in [-0.3, -0.25) is 31.8 Å². The molecular formula is C32H14N4Pt. The summed E-state index contributed by atoms with van der Waals surface area (Å²) in [6.07, 6.45) is 31.5. The van der Waals surface area contributed by atoms with Crippen molar-refractivity contribution in [3.63, 3.8) is 0 Å². The Kier molecular flexibility index (Phi) is 7.28. The molecular weight excluding hydrogens is 635 g/mol. The van der Waals surface area contributed by atoms with Crippen LogP contribution in [0.2, 0.25) is 0 Å². The van der Waals surface area contributed by atoms with Crippen molar-refractivity contribution < 1.29 is 21.1 Å². The predicted molar refractivity (Wildman–Crippen MR) is 142 cm³/mol. The maximum atomic E-state index is 7.11. The fraction of sp³-hybridized carbons (Fsp3) is 0. The number of benzene rings is 2. The predicted octanol–water partition coefficient (Wildman–Crippen LogP) is 5.40. The molecule has 6 aromatic rings. The molecule has 4 aromatic heterocycles. The van der Waals surface area contributed by atoms with Gasteiger partial charge in [0, 0.05) is 34.3 Å². The smallest absolute Gasteiger partial charge is 0.366 e. The third-order valence-corrected chi connectivity index (χ3v) is 5.62. The number of hydrogen-bond donors (Lipinski definition) is 0. The first-order valence-corrected chi connectivity index (χ1v) is 10.8. The van der Waals surface area contributed by atoms with Crippen molar-refractivity contribution in [2.45, 2.75) is 0 Å². The Balaban J connectivity index is 0.000000168. The van der Waals surface area contributed by atoms with Crippen LogP contribution in [0.4, 0.5) is 0 Å². The largest absolute Gasteiger partial charge is 2.00 e. The Labute approximate surface area is 228 Å². The monoisotopic (exact) mass is 649 g/mol. The quantitative estimate of drug-likeness (QED) is 0.126. The molecule has 172 valence electrons. The molecule has 0 radical (unpaired) electrons. The van der Waals surface area contributed by atoms with Crippen LogP contribution in [0.5, 0.6) is 0 Å². The minimum absolute atomic E-state index is 0. The molecule has 0 bridgehead atoms. The van der Waals surface area contributed by atoms with E-state index in [1.807, 2.05) is 48.5 Å². The molecule has 0 atom stereocenters. The standard InChI is InChI=1S/2C16H7N2.Pt/c2*1-3-11-7-13-5-6-14-8-12(4-2)10-18-16(14)15(13)17-9-11;/h2*1,5-10H;/q2*-1;+2. The van der Waals surface area contributed by atoms with Crippen molar-refractivity contribution >= 4 is 43.6 Å². The Bertz CT molecular complexity index is 1710. The number of pyridine rings is 4. The summed E-state index contributed by atoms with van der Waals surface area (Å²) in [5.74, 6) is 9.79. The van der Waals surface area contributed by atoms with E-state index in [4.69, 9.17) is 25.7 Å². The molecule has 4 heterocycles. The van der Waals surface area contributed by atoms with Crippen LogP contribution in [-0.2, 0) is 21.1 Å². The molecule has 0 fully saturated rings. The molecule has 0 saturated carbocycles. The van der Waals surface area contributed by atoms with E-state index in [0.29, 0.717) is 11.1 Å². The van der Waals surface area contributed by atoms with E-state index < -0.39 is 0 Å². The maximum Gasteiger partial charge on any atom is 2.00 e. The van der Waals surface area contributed by atoms with Gasteiger partial charge >= 0.3 is 21.1 Å². The number of rotatable bonds is 0. The van der Waals surface area contributed by atoms with Gasteiger partial charge in [-0.2, -0.15) is 0 Å². The van der Waals surface area contributed by atoms with Gasteiger partial charge in [-0.05, 0) is 35.3 Å². The number of terminal acetylenes is 2. The summed E-state index contributed by atoms with van der Waals surface area (Å²) in [5.41, 5.74) is 6.10. The molecule has 0 aliphatic rings. The first-order chi connectivity index (χ1) is 17.6. The van der Waals surface area contributed by atoms with Gasteiger partial charge in [0.2, 0.25) is 0 Å². The molecule has 5 heteroatoms. The van der Waals surface area contributed by atoms with Crippen molar-refractivity contribution in [2.75, 3.05) is 0 Å². The molecule has 0 saturated heterocycles. The number of hydrogen-bond acceptors (Lipinski definition) is 4. The van der Waals surface area contributed by atoms with E-state index in [1.54, 1.807) is 24.8 Å². The normalized spacial score (nSPS) is 9.84. The Morgan fingerprint density at radius 1 is 0.486 bits per heavy atom. The van der Waals surface area contributed by atoms with Gasteiger partial charge in [-0.15, -0.1) is 36.1 Å². The number of nitrogens with zero attached hydrogens (tertiary/aromatic N) is 4. The number of aromatic nitrogens is 4.